The van der Waals surface area contributed by atoms with Crippen LogP contribution in [0.5, 0.6) is 0 Å². The topological polar surface area (TPSA) is 37.4 Å². The average Bonchev–Trinajstić information content (AvgIpc) is 2.52. The summed E-state index contributed by atoms with van der Waals surface area (Å²) in [6.07, 6.45) is -5.54. The van der Waals surface area contributed by atoms with Crippen molar-refractivity contribution in [2.45, 2.75) is 19.0 Å². The summed E-state index contributed by atoms with van der Waals surface area (Å²) in [5, 5.41) is 0. The Bertz CT molecular complexity index is 542. The summed E-state index contributed by atoms with van der Waals surface area (Å²) in [7, 11) is 0. The third kappa shape index (κ3) is 3.07. The van der Waals surface area contributed by atoms with Crippen molar-refractivity contribution in [1.29, 1.82) is 0 Å². The monoisotopic (exact) mass is 383 g/mol. The minimum atomic E-state index is -4.27. The molecule has 1 aromatic rings. The van der Waals surface area contributed by atoms with Crippen molar-refractivity contribution in [2.24, 2.45) is 0 Å². The summed E-state index contributed by atoms with van der Waals surface area (Å²) in [5.41, 5.74) is 0.529. The molecule has 1 aliphatic heterocycles. The highest BCUT2D eigenvalue weighted by Gasteiger charge is 2.36. The first kappa shape index (κ1) is 14.3. The summed E-state index contributed by atoms with van der Waals surface area (Å²) < 4.78 is 37.0. The van der Waals surface area contributed by atoms with E-state index in [0.29, 0.717) is 0 Å². The second-order valence-corrected chi connectivity index (χ2v) is 5.42. The molecule has 2 rings (SSSR count). The number of rotatable bonds is 3. The number of nitrogens with zero attached hydrogens (tertiary/aromatic N) is 1. The van der Waals surface area contributed by atoms with E-state index in [9.17, 15) is 22.8 Å². The maximum absolute atomic E-state index is 12.1. The van der Waals surface area contributed by atoms with Crippen LogP contribution in [0.1, 0.15) is 33.6 Å². The number of alkyl halides is 3. The highest BCUT2D eigenvalue weighted by molar-refractivity contribution is 14.1. The minimum Gasteiger partial charge on any atom is -0.274 e. The Hall–Kier alpha value is -1.12. The first-order valence-corrected chi connectivity index (χ1v) is 6.60. The van der Waals surface area contributed by atoms with Crippen LogP contribution in [0.4, 0.5) is 13.2 Å². The average molecular weight is 383 g/mol. The number of fused-ring (bicyclic) bond motifs is 1. The molecule has 0 bridgehead atoms. The number of carbonyl (C=O) groups is 2. The van der Waals surface area contributed by atoms with Crippen LogP contribution in [0.3, 0.4) is 0 Å². The molecular weight excluding hydrogens is 374 g/mol. The van der Waals surface area contributed by atoms with Crippen molar-refractivity contribution in [3.05, 3.63) is 32.9 Å². The second-order valence-electron chi connectivity index (χ2n) is 4.17. The van der Waals surface area contributed by atoms with Crippen LogP contribution in [0.25, 0.3) is 0 Å². The van der Waals surface area contributed by atoms with Gasteiger partial charge in [0.15, 0.2) is 0 Å². The van der Waals surface area contributed by atoms with E-state index in [0.717, 1.165) is 8.47 Å². The van der Waals surface area contributed by atoms with Crippen molar-refractivity contribution in [3.63, 3.8) is 0 Å². The number of benzene rings is 1. The summed E-state index contributed by atoms with van der Waals surface area (Å²) in [5.74, 6) is -1.03. The zero-order valence-corrected chi connectivity index (χ0v) is 11.8. The van der Waals surface area contributed by atoms with E-state index in [1.807, 2.05) is 22.6 Å². The fourth-order valence-electron chi connectivity index (χ4n) is 1.90. The Labute approximate surface area is 120 Å². The van der Waals surface area contributed by atoms with Crippen LogP contribution in [-0.2, 0) is 0 Å². The van der Waals surface area contributed by atoms with E-state index in [-0.39, 0.29) is 24.1 Å². The first-order chi connectivity index (χ1) is 8.79. The van der Waals surface area contributed by atoms with E-state index in [4.69, 9.17) is 0 Å². The number of carbonyl (C=O) groups excluding carboxylic acids is 2. The Morgan fingerprint density at radius 1 is 1.11 bits per heavy atom. The SMILES string of the molecule is O=C1c2ccc(I)cc2C(=O)N1CCCC(F)(F)F. The Morgan fingerprint density at radius 2 is 1.74 bits per heavy atom. The molecule has 1 aromatic carbocycles. The standard InChI is InChI=1S/C12H9F3INO2/c13-12(14,15)4-1-5-17-10(18)8-3-2-7(16)6-9(8)11(17)19/h2-3,6H,1,4-5H2. The second kappa shape index (κ2) is 5.10. The fraction of sp³-hybridized carbons (Fsp3) is 0.333. The Kier molecular flexibility index (Phi) is 3.84. The molecule has 0 atom stereocenters. The molecule has 0 radical (unpaired) electrons. The van der Waals surface area contributed by atoms with Crippen LogP contribution in [0, 0.1) is 3.57 Å². The van der Waals surface area contributed by atoms with Gasteiger partial charge in [-0.15, -0.1) is 0 Å². The molecule has 1 aliphatic rings. The van der Waals surface area contributed by atoms with Gasteiger partial charge in [0.1, 0.15) is 0 Å². The molecule has 0 saturated heterocycles. The first-order valence-electron chi connectivity index (χ1n) is 5.52. The minimum absolute atomic E-state index is 0.206. The van der Waals surface area contributed by atoms with Gasteiger partial charge < -0.3 is 0 Å². The zero-order chi connectivity index (χ0) is 14.2. The maximum atomic E-state index is 12.1. The van der Waals surface area contributed by atoms with Crippen LogP contribution >= 0.6 is 22.6 Å². The highest BCUT2D eigenvalue weighted by atomic mass is 127. The molecule has 19 heavy (non-hydrogen) atoms. The van der Waals surface area contributed by atoms with Crippen LogP contribution in [0.2, 0.25) is 0 Å². The van der Waals surface area contributed by atoms with Crippen molar-refractivity contribution in [1.82, 2.24) is 4.90 Å². The number of amides is 2. The van der Waals surface area contributed by atoms with Gasteiger partial charge in [-0.3, -0.25) is 14.5 Å². The van der Waals surface area contributed by atoms with Gasteiger partial charge in [-0.05, 0) is 47.2 Å². The number of hydrogen-bond donors (Lipinski definition) is 0. The number of halogens is 4. The molecule has 0 N–H and O–H groups in total. The van der Waals surface area contributed by atoms with Gasteiger partial charge in [-0.1, -0.05) is 0 Å². The van der Waals surface area contributed by atoms with Gasteiger partial charge in [0, 0.05) is 16.5 Å². The summed E-state index contributed by atoms with van der Waals surface area (Å²) in [6.45, 7) is -0.206. The van der Waals surface area contributed by atoms with Crippen LogP contribution in [-0.4, -0.2) is 29.4 Å². The van der Waals surface area contributed by atoms with Gasteiger partial charge in [0.25, 0.3) is 11.8 Å². The van der Waals surface area contributed by atoms with Crippen molar-refractivity contribution in [3.8, 4) is 0 Å². The third-order valence-electron chi connectivity index (χ3n) is 2.77. The Balaban J connectivity index is 2.10. The fourth-order valence-corrected chi connectivity index (χ4v) is 2.39. The van der Waals surface area contributed by atoms with Gasteiger partial charge in [-0.2, -0.15) is 13.2 Å². The van der Waals surface area contributed by atoms with E-state index in [1.54, 1.807) is 12.1 Å². The Morgan fingerprint density at radius 3 is 2.37 bits per heavy atom. The molecule has 1 heterocycles. The summed E-state index contributed by atoms with van der Waals surface area (Å²) >= 11 is 2.01. The normalized spacial score (nSPS) is 15.1. The van der Waals surface area contributed by atoms with Gasteiger partial charge in [0.05, 0.1) is 11.1 Å². The molecule has 2 amide bonds. The van der Waals surface area contributed by atoms with E-state index in [2.05, 4.69) is 0 Å². The van der Waals surface area contributed by atoms with Crippen molar-refractivity contribution < 1.29 is 22.8 Å². The van der Waals surface area contributed by atoms with Gasteiger partial charge in [0.2, 0.25) is 0 Å². The number of imide groups is 1. The lowest BCUT2D eigenvalue weighted by molar-refractivity contribution is -0.135. The predicted octanol–water partition coefficient (Wildman–Crippen LogP) is 3.23. The van der Waals surface area contributed by atoms with Crippen LogP contribution in [0.15, 0.2) is 18.2 Å². The smallest absolute Gasteiger partial charge is 0.274 e. The highest BCUT2D eigenvalue weighted by Crippen LogP contribution is 2.26. The molecule has 0 fully saturated rings. The van der Waals surface area contributed by atoms with E-state index in [1.165, 1.54) is 6.07 Å². The molecule has 0 unspecified atom stereocenters. The molecule has 0 aliphatic carbocycles. The molecule has 3 nitrogen and oxygen atoms in total. The zero-order valence-electron chi connectivity index (χ0n) is 9.63. The summed E-state index contributed by atoms with van der Waals surface area (Å²) in [6, 6.07) is 4.78. The largest absolute Gasteiger partial charge is 0.389 e. The molecule has 7 heteroatoms. The predicted molar refractivity (Wildman–Crippen MR) is 69.8 cm³/mol. The summed E-state index contributed by atoms with van der Waals surface area (Å²) in [4.78, 5) is 24.7. The lowest BCUT2D eigenvalue weighted by atomic mass is 10.1. The molecule has 102 valence electrons. The van der Waals surface area contributed by atoms with E-state index >= 15 is 0 Å². The molecule has 0 aromatic heterocycles. The molecule has 0 saturated carbocycles. The number of hydrogen-bond acceptors (Lipinski definition) is 2. The van der Waals surface area contributed by atoms with Gasteiger partial charge in [-0.25, -0.2) is 0 Å². The molecule has 0 spiro atoms. The lowest BCUT2D eigenvalue weighted by Gasteiger charge is -2.14. The third-order valence-corrected chi connectivity index (χ3v) is 3.45. The quantitative estimate of drug-likeness (QED) is 0.594. The van der Waals surface area contributed by atoms with Crippen molar-refractivity contribution in [2.75, 3.05) is 6.54 Å². The van der Waals surface area contributed by atoms with Crippen molar-refractivity contribution >= 4 is 34.4 Å². The van der Waals surface area contributed by atoms with E-state index < -0.39 is 24.4 Å². The maximum Gasteiger partial charge on any atom is 0.389 e. The molecular formula is C12H9F3INO2. The lowest BCUT2D eigenvalue weighted by Crippen LogP contribution is -2.31. The van der Waals surface area contributed by atoms with Crippen LogP contribution < -0.4 is 0 Å². The van der Waals surface area contributed by atoms with Gasteiger partial charge >= 0.3 is 6.18 Å².